The first kappa shape index (κ1) is 17.9. The molecule has 1 saturated heterocycles. The third-order valence-electron chi connectivity index (χ3n) is 7.01. The minimum atomic E-state index is -0.225. The van der Waals surface area contributed by atoms with Gasteiger partial charge < -0.3 is 20.3 Å². The standard InChI is InChI=1S/C21H28N4O3/c26-18(17-3-1-2-4-22-17)23-20-10-15-9-16(11-20)13-21(12-15,14-20)24-19(27)25-5-7-28-8-6-25/h1-4,15-16H,5-14H2,(H,23,26)(H,24,27). The molecule has 28 heavy (non-hydrogen) atoms. The number of amides is 3. The summed E-state index contributed by atoms with van der Waals surface area (Å²) in [4.78, 5) is 31.8. The highest BCUT2D eigenvalue weighted by Crippen LogP contribution is 2.57. The normalized spacial score (nSPS) is 36.2. The number of nitrogens with one attached hydrogen (secondary N) is 2. The number of aromatic nitrogens is 1. The van der Waals surface area contributed by atoms with E-state index in [0.29, 0.717) is 43.8 Å². The van der Waals surface area contributed by atoms with Crippen molar-refractivity contribution in [2.24, 2.45) is 11.8 Å². The molecule has 4 saturated carbocycles. The third kappa shape index (κ3) is 3.26. The molecule has 6 rings (SSSR count). The van der Waals surface area contributed by atoms with Gasteiger partial charge in [-0.15, -0.1) is 0 Å². The van der Waals surface area contributed by atoms with Gasteiger partial charge in [0.2, 0.25) is 0 Å². The molecule has 7 heteroatoms. The number of urea groups is 1. The fourth-order valence-electron chi connectivity index (χ4n) is 6.43. The molecular weight excluding hydrogens is 356 g/mol. The number of carbonyl (C=O) groups is 2. The zero-order valence-corrected chi connectivity index (χ0v) is 16.2. The average molecular weight is 384 g/mol. The number of ether oxygens (including phenoxy) is 1. The van der Waals surface area contributed by atoms with Crippen molar-refractivity contribution < 1.29 is 14.3 Å². The van der Waals surface area contributed by atoms with Crippen LogP contribution in [0.15, 0.2) is 24.4 Å². The minimum absolute atomic E-state index is 0.0245. The quantitative estimate of drug-likeness (QED) is 0.834. The Kier molecular flexibility index (Phi) is 4.30. The van der Waals surface area contributed by atoms with Crippen molar-refractivity contribution in [3.05, 3.63) is 30.1 Å². The van der Waals surface area contributed by atoms with Crippen LogP contribution in [0, 0.1) is 11.8 Å². The van der Waals surface area contributed by atoms with Gasteiger partial charge in [-0.05, 0) is 62.5 Å². The van der Waals surface area contributed by atoms with Gasteiger partial charge in [0.05, 0.1) is 13.2 Å². The van der Waals surface area contributed by atoms with Gasteiger partial charge in [0, 0.05) is 30.4 Å². The molecule has 1 aromatic heterocycles. The van der Waals surface area contributed by atoms with E-state index in [2.05, 4.69) is 15.6 Å². The molecule has 2 atom stereocenters. The molecule has 2 unspecified atom stereocenters. The molecule has 4 bridgehead atoms. The van der Waals surface area contributed by atoms with Crippen molar-refractivity contribution in [2.75, 3.05) is 26.3 Å². The highest BCUT2D eigenvalue weighted by Gasteiger charge is 2.59. The maximum absolute atomic E-state index is 12.9. The van der Waals surface area contributed by atoms with Crippen molar-refractivity contribution in [2.45, 2.75) is 49.6 Å². The Morgan fingerprint density at radius 1 is 1.04 bits per heavy atom. The fourth-order valence-corrected chi connectivity index (χ4v) is 6.43. The zero-order chi connectivity index (χ0) is 19.2. The Labute approximate surface area is 165 Å². The lowest BCUT2D eigenvalue weighted by Crippen LogP contribution is -2.70. The maximum Gasteiger partial charge on any atom is 0.317 e. The second-order valence-corrected chi connectivity index (χ2v) is 9.22. The molecule has 150 valence electrons. The van der Waals surface area contributed by atoms with E-state index in [1.165, 1.54) is 6.42 Å². The van der Waals surface area contributed by atoms with Gasteiger partial charge in [-0.1, -0.05) is 6.07 Å². The molecule has 5 fully saturated rings. The van der Waals surface area contributed by atoms with Crippen LogP contribution in [0.2, 0.25) is 0 Å². The summed E-state index contributed by atoms with van der Waals surface area (Å²) in [5, 5.41) is 6.73. The van der Waals surface area contributed by atoms with Crippen molar-refractivity contribution >= 4 is 11.9 Å². The van der Waals surface area contributed by atoms with Gasteiger partial charge in [0.15, 0.2) is 0 Å². The molecule has 0 radical (unpaired) electrons. The molecule has 0 spiro atoms. The van der Waals surface area contributed by atoms with Gasteiger partial charge >= 0.3 is 6.03 Å². The van der Waals surface area contributed by atoms with E-state index in [1.807, 2.05) is 17.0 Å². The van der Waals surface area contributed by atoms with Crippen LogP contribution in [0.4, 0.5) is 4.79 Å². The number of carbonyl (C=O) groups excluding carboxylic acids is 2. The summed E-state index contributed by atoms with van der Waals surface area (Å²) in [6.45, 7) is 2.51. The minimum Gasteiger partial charge on any atom is -0.378 e. The Morgan fingerprint density at radius 3 is 2.36 bits per heavy atom. The van der Waals surface area contributed by atoms with Gasteiger partial charge in [-0.25, -0.2) is 4.79 Å². The third-order valence-corrected chi connectivity index (χ3v) is 7.01. The predicted molar refractivity (Wildman–Crippen MR) is 103 cm³/mol. The van der Waals surface area contributed by atoms with Crippen LogP contribution in [0.25, 0.3) is 0 Å². The van der Waals surface area contributed by atoms with Crippen LogP contribution in [-0.2, 0) is 4.74 Å². The summed E-state index contributed by atoms with van der Waals surface area (Å²) in [5.74, 6) is 1.03. The molecule has 0 aromatic carbocycles. The van der Waals surface area contributed by atoms with E-state index in [4.69, 9.17) is 4.74 Å². The highest BCUT2D eigenvalue weighted by atomic mass is 16.5. The van der Waals surface area contributed by atoms with E-state index in [-0.39, 0.29) is 23.0 Å². The van der Waals surface area contributed by atoms with Gasteiger partial charge in [0.1, 0.15) is 5.69 Å². The van der Waals surface area contributed by atoms with Gasteiger partial charge in [-0.3, -0.25) is 9.78 Å². The van der Waals surface area contributed by atoms with Crippen molar-refractivity contribution in [1.82, 2.24) is 20.5 Å². The second-order valence-electron chi connectivity index (χ2n) is 9.22. The number of rotatable bonds is 3. The van der Waals surface area contributed by atoms with E-state index < -0.39 is 0 Å². The smallest absolute Gasteiger partial charge is 0.317 e. The summed E-state index contributed by atoms with van der Waals surface area (Å²) >= 11 is 0. The van der Waals surface area contributed by atoms with Crippen LogP contribution in [0.5, 0.6) is 0 Å². The van der Waals surface area contributed by atoms with Crippen molar-refractivity contribution in [3.8, 4) is 0 Å². The van der Waals surface area contributed by atoms with E-state index >= 15 is 0 Å². The van der Waals surface area contributed by atoms with Gasteiger partial charge in [0.25, 0.3) is 5.91 Å². The maximum atomic E-state index is 12.9. The SMILES string of the molecule is O=C(NC12CC3CC(C1)CC(NC(=O)N1CCOCC1)(C3)C2)c1ccccn1. The molecule has 2 N–H and O–H groups in total. The van der Waals surface area contributed by atoms with E-state index in [1.54, 1.807) is 12.3 Å². The Morgan fingerprint density at radius 2 is 1.71 bits per heavy atom. The lowest BCUT2D eigenvalue weighted by atomic mass is 9.50. The van der Waals surface area contributed by atoms with Gasteiger partial charge in [-0.2, -0.15) is 0 Å². The number of pyridine rings is 1. The first-order chi connectivity index (χ1) is 13.5. The molecule has 1 aliphatic heterocycles. The fraction of sp³-hybridized carbons (Fsp3) is 0.667. The van der Waals surface area contributed by atoms with Crippen molar-refractivity contribution in [3.63, 3.8) is 0 Å². The molecule has 3 amide bonds. The monoisotopic (exact) mass is 384 g/mol. The first-order valence-corrected chi connectivity index (χ1v) is 10.4. The van der Waals surface area contributed by atoms with Crippen molar-refractivity contribution in [1.29, 1.82) is 0 Å². The average Bonchev–Trinajstić information content (AvgIpc) is 2.67. The molecule has 2 heterocycles. The van der Waals surface area contributed by atoms with Crippen LogP contribution < -0.4 is 10.6 Å². The zero-order valence-electron chi connectivity index (χ0n) is 16.2. The second kappa shape index (κ2) is 6.72. The topological polar surface area (TPSA) is 83.6 Å². The summed E-state index contributed by atoms with van der Waals surface area (Å²) in [6.07, 6.45) is 7.77. The molecule has 4 aliphatic carbocycles. The molecule has 5 aliphatic rings. The highest BCUT2D eigenvalue weighted by molar-refractivity contribution is 5.92. The molecular formula is C21H28N4O3. The Hall–Kier alpha value is -2.15. The number of hydrogen-bond donors (Lipinski definition) is 2. The first-order valence-electron chi connectivity index (χ1n) is 10.4. The summed E-state index contributed by atoms with van der Waals surface area (Å²) in [6, 6.07) is 5.44. The lowest BCUT2D eigenvalue weighted by Gasteiger charge is -2.62. The van der Waals surface area contributed by atoms with Crippen LogP contribution >= 0.6 is 0 Å². The molecule has 7 nitrogen and oxygen atoms in total. The summed E-state index contributed by atoms with van der Waals surface area (Å²) in [5.41, 5.74) is 0.0399. The summed E-state index contributed by atoms with van der Waals surface area (Å²) in [7, 11) is 0. The van der Waals surface area contributed by atoms with E-state index in [0.717, 1.165) is 32.1 Å². The summed E-state index contributed by atoms with van der Waals surface area (Å²) < 4.78 is 5.37. The lowest BCUT2D eigenvalue weighted by molar-refractivity contribution is -0.0460. The Balaban J connectivity index is 1.33. The number of hydrogen-bond acceptors (Lipinski definition) is 4. The van der Waals surface area contributed by atoms with Crippen LogP contribution in [-0.4, -0.2) is 59.2 Å². The Bertz CT molecular complexity index is 748. The predicted octanol–water partition coefficient (Wildman–Crippen LogP) is 1.94. The van der Waals surface area contributed by atoms with E-state index in [9.17, 15) is 9.59 Å². The van der Waals surface area contributed by atoms with Crippen LogP contribution in [0.3, 0.4) is 0 Å². The van der Waals surface area contributed by atoms with Crippen LogP contribution in [0.1, 0.15) is 49.0 Å². The largest absolute Gasteiger partial charge is 0.378 e. The number of morpholine rings is 1. The number of nitrogens with zero attached hydrogens (tertiary/aromatic N) is 2. The molecule has 1 aromatic rings.